The maximum atomic E-state index is 4.29. The molecule has 0 spiro atoms. The molecule has 6 nitrogen and oxygen atoms in total. The molecule has 7 heteroatoms. The summed E-state index contributed by atoms with van der Waals surface area (Å²) in [5, 5.41) is 12.5. The van der Waals surface area contributed by atoms with Crippen molar-refractivity contribution < 1.29 is 0 Å². The number of hydrogen-bond donors (Lipinski definition) is 0. The fraction of sp³-hybridized carbons (Fsp3) is 0.667. The first-order chi connectivity index (χ1) is 9.10. The molecular formula is C12H19BrN6. The van der Waals surface area contributed by atoms with Gasteiger partial charge in [-0.2, -0.15) is 5.10 Å². The van der Waals surface area contributed by atoms with Gasteiger partial charge in [-0.3, -0.25) is 0 Å². The largest absolute Gasteiger partial charge is 0.248 e. The van der Waals surface area contributed by atoms with Crippen molar-refractivity contribution in [3.05, 3.63) is 24.0 Å². The van der Waals surface area contributed by atoms with Gasteiger partial charge in [0.15, 0.2) is 0 Å². The van der Waals surface area contributed by atoms with Crippen LogP contribution in [0.15, 0.2) is 12.5 Å². The Labute approximate surface area is 121 Å². The van der Waals surface area contributed by atoms with E-state index >= 15 is 0 Å². The number of aromatic nitrogens is 6. The smallest absolute Gasteiger partial charge is 0.148 e. The van der Waals surface area contributed by atoms with Crippen LogP contribution in [0.2, 0.25) is 0 Å². The number of nitrogens with zero attached hydrogens (tertiary/aromatic N) is 6. The van der Waals surface area contributed by atoms with E-state index in [9.17, 15) is 0 Å². The van der Waals surface area contributed by atoms with E-state index in [0.29, 0.717) is 12.5 Å². The van der Waals surface area contributed by atoms with Crippen LogP contribution in [0.3, 0.4) is 0 Å². The fourth-order valence-corrected chi connectivity index (χ4v) is 2.01. The summed E-state index contributed by atoms with van der Waals surface area (Å²) in [5.41, 5.74) is 0.956. The lowest BCUT2D eigenvalue weighted by atomic mass is 10.2. The van der Waals surface area contributed by atoms with Gasteiger partial charge in [0.05, 0.1) is 16.7 Å². The molecule has 0 fully saturated rings. The Morgan fingerprint density at radius 1 is 1.37 bits per heavy atom. The maximum absolute atomic E-state index is 4.29. The topological polar surface area (TPSA) is 61.4 Å². The summed E-state index contributed by atoms with van der Waals surface area (Å²) >= 11 is 3.57. The molecule has 2 aromatic rings. The van der Waals surface area contributed by atoms with E-state index in [1.165, 1.54) is 0 Å². The summed E-state index contributed by atoms with van der Waals surface area (Å²) in [6, 6.07) is 0. The first-order valence-electron chi connectivity index (χ1n) is 6.51. The molecule has 19 heavy (non-hydrogen) atoms. The second kappa shape index (κ2) is 6.27. The standard InChI is InChI=1S/C12H19BrN6/c1-4-10(13)11-6-18(17-16-11)7-12-14-8-15-19(12)5-9(2)3/h6,8-10H,4-5,7H2,1-3H3. The van der Waals surface area contributed by atoms with E-state index in [-0.39, 0.29) is 4.83 Å². The minimum absolute atomic E-state index is 0.259. The lowest BCUT2D eigenvalue weighted by molar-refractivity contribution is 0.455. The molecule has 2 rings (SSSR count). The Balaban J connectivity index is 2.09. The molecule has 2 heterocycles. The molecule has 0 aliphatic carbocycles. The minimum Gasteiger partial charge on any atom is -0.248 e. The molecular weight excluding hydrogens is 308 g/mol. The van der Waals surface area contributed by atoms with Crippen molar-refractivity contribution in [2.24, 2.45) is 5.92 Å². The van der Waals surface area contributed by atoms with Gasteiger partial charge in [-0.25, -0.2) is 14.3 Å². The van der Waals surface area contributed by atoms with E-state index < -0.39 is 0 Å². The van der Waals surface area contributed by atoms with Crippen molar-refractivity contribution >= 4 is 15.9 Å². The average Bonchev–Trinajstić information content (AvgIpc) is 2.99. The normalized spacial score (nSPS) is 13.1. The SMILES string of the molecule is CCC(Br)c1cn(Cc2ncnn2CC(C)C)nn1. The number of rotatable bonds is 6. The molecule has 0 aliphatic heterocycles. The zero-order valence-electron chi connectivity index (χ0n) is 11.5. The number of halogens is 1. The predicted molar refractivity (Wildman–Crippen MR) is 75.9 cm³/mol. The van der Waals surface area contributed by atoms with Gasteiger partial charge < -0.3 is 0 Å². The van der Waals surface area contributed by atoms with Crippen molar-refractivity contribution in [1.29, 1.82) is 0 Å². The van der Waals surface area contributed by atoms with Gasteiger partial charge in [0.2, 0.25) is 0 Å². The Bertz CT molecular complexity index is 518. The lowest BCUT2D eigenvalue weighted by Crippen LogP contribution is -2.13. The third-order valence-corrected chi connectivity index (χ3v) is 3.89. The van der Waals surface area contributed by atoms with Crippen LogP contribution in [0.4, 0.5) is 0 Å². The second-order valence-electron chi connectivity index (χ2n) is 4.97. The molecule has 0 aromatic carbocycles. The van der Waals surface area contributed by atoms with E-state index in [1.807, 2.05) is 10.9 Å². The van der Waals surface area contributed by atoms with E-state index in [1.54, 1.807) is 11.0 Å². The first-order valence-corrected chi connectivity index (χ1v) is 7.42. The highest BCUT2D eigenvalue weighted by Crippen LogP contribution is 2.23. The Morgan fingerprint density at radius 3 is 2.84 bits per heavy atom. The summed E-state index contributed by atoms with van der Waals surface area (Å²) in [6.07, 6.45) is 4.54. The summed E-state index contributed by atoms with van der Waals surface area (Å²) in [4.78, 5) is 4.55. The quantitative estimate of drug-likeness (QED) is 0.765. The highest BCUT2D eigenvalue weighted by Gasteiger charge is 2.12. The molecule has 1 unspecified atom stereocenters. The van der Waals surface area contributed by atoms with Crippen molar-refractivity contribution in [2.75, 3.05) is 0 Å². The van der Waals surface area contributed by atoms with Gasteiger partial charge in [-0.05, 0) is 12.3 Å². The maximum Gasteiger partial charge on any atom is 0.148 e. The van der Waals surface area contributed by atoms with Crippen LogP contribution in [0, 0.1) is 5.92 Å². The third-order valence-electron chi connectivity index (χ3n) is 2.77. The van der Waals surface area contributed by atoms with Crippen LogP contribution >= 0.6 is 15.9 Å². The minimum atomic E-state index is 0.259. The van der Waals surface area contributed by atoms with E-state index in [2.05, 4.69) is 57.1 Å². The summed E-state index contributed by atoms with van der Waals surface area (Å²) in [5.74, 6) is 1.45. The van der Waals surface area contributed by atoms with Crippen LogP contribution in [-0.4, -0.2) is 29.8 Å². The molecule has 0 radical (unpaired) electrons. The number of alkyl halides is 1. The molecule has 104 valence electrons. The zero-order chi connectivity index (χ0) is 13.8. The molecule has 0 amide bonds. The first kappa shape index (κ1) is 14.2. The van der Waals surface area contributed by atoms with E-state index in [4.69, 9.17) is 0 Å². The van der Waals surface area contributed by atoms with Gasteiger partial charge in [0.1, 0.15) is 18.7 Å². The van der Waals surface area contributed by atoms with Gasteiger partial charge in [0, 0.05) is 6.54 Å². The van der Waals surface area contributed by atoms with Crippen LogP contribution in [-0.2, 0) is 13.1 Å². The lowest BCUT2D eigenvalue weighted by Gasteiger charge is -2.08. The fourth-order valence-electron chi connectivity index (χ4n) is 1.80. The number of hydrogen-bond acceptors (Lipinski definition) is 4. The van der Waals surface area contributed by atoms with Crippen molar-refractivity contribution in [2.45, 2.75) is 45.1 Å². The Kier molecular flexibility index (Phi) is 4.68. The van der Waals surface area contributed by atoms with Crippen LogP contribution in [0.5, 0.6) is 0 Å². The molecule has 0 aliphatic rings. The van der Waals surface area contributed by atoms with Crippen LogP contribution < -0.4 is 0 Å². The van der Waals surface area contributed by atoms with Crippen molar-refractivity contribution in [1.82, 2.24) is 29.8 Å². The highest BCUT2D eigenvalue weighted by molar-refractivity contribution is 9.09. The molecule has 1 atom stereocenters. The zero-order valence-corrected chi connectivity index (χ0v) is 13.1. The van der Waals surface area contributed by atoms with Crippen LogP contribution in [0.25, 0.3) is 0 Å². The van der Waals surface area contributed by atoms with Crippen molar-refractivity contribution in [3.8, 4) is 0 Å². The average molecular weight is 327 g/mol. The van der Waals surface area contributed by atoms with Crippen LogP contribution in [0.1, 0.15) is 43.5 Å². The molecule has 0 saturated carbocycles. The molecule has 2 aromatic heterocycles. The van der Waals surface area contributed by atoms with Gasteiger partial charge in [-0.1, -0.05) is 41.9 Å². The summed E-state index contributed by atoms with van der Waals surface area (Å²) < 4.78 is 3.73. The Hall–Kier alpha value is -1.24. The van der Waals surface area contributed by atoms with Gasteiger partial charge in [-0.15, -0.1) is 5.10 Å². The predicted octanol–water partition coefficient (Wildman–Crippen LogP) is 2.42. The Morgan fingerprint density at radius 2 is 2.16 bits per heavy atom. The summed E-state index contributed by atoms with van der Waals surface area (Å²) in [6.45, 7) is 7.90. The third kappa shape index (κ3) is 3.62. The monoisotopic (exact) mass is 326 g/mol. The molecule has 0 saturated heterocycles. The van der Waals surface area contributed by atoms with Crippen molar-refractivity contribution in [3.63, 3.8) is 0 Å². The molecule has 0 N–H and O–H groups in total. The van der Waals surface area contributed by atoms with Gasteiger partial charge >= 0.3 is 0 Å². The summed E-state index contributed by atoms with van der Waals surface area (Å²) in [7, 11) is 0. The van der Waals surface area contributed by atoms with E-state index in [0.717, 1.165) is 24.5 Å². The highest BCUT2D eigenvalue weighted by atomic mass is 79.9. The molecule has 0 bridgehead atoms. The van der Waals surface area contributed by atoms with Gasteiger partial charge in [0.25, 0.3) is 0 Å². The second-order valence-corrected chi connectivity index (χ2v) is 6.07.